The standard InChI is InChI=1S/C31H23ClN2O3S/c1-19-23(18-30(35)34-26-7-3-5-9-28(26)38-29-10-6-4-8-27(29)34)24-17-22(37-2)15-16-25(24)33(19)31(36)20-11-13-21(32)14-12-20/h3-17H,18H2,1-2H3. The molecule has 6 rings (SSSR count). The highest BCUT2D eigenvalue weighted by molar-refractivity contribution is 7.99. The predicted octanol–water partition coefficient (Wildman–Crippen LogP) is 7.67. The van der Waals surface area contributed by atoms with Crippen LogP contribution in [0, 0.1) is 6.92 Å². The highest BCUT2D eigenvalue weighted by Crippen LogP contribution is 2.48. The van der Waals surface area contributed by atoms with Crippen LogP contribution in [0.15, 0.2) is 101 Å². The summed E-state index contributed by atoms with van der Waals surface area (Å²) < 4.78 is 7.17. The van der Waals surface area contributed by atoms with E-state index in [0.29, 0.717) is 16.3 Å². The Kier molecular flexibility index (Phi) is 6.22. The summed E-state index contributed by atoms with van der Waals surface area (Å²) in [5.41, 5.74) is 4.46. The highest BCUT2D eigenvalue weighted by atomic mass is 35.5. The Morgan fingerprint density at radius 1 is 0.868 bits per heavy atom. The number of hydrogen-bond acceptors (Lipinski definition) is 4. The molecule has 0 N–H and O–H groups in total. The summed E-state index contributed by atoms with van der Waals surface area (Å²) in [6.45, 7) is 1.89. The number of ether oxygens (including phenoxy) is 1. The molecule has 1 aliphatic heterocycles. The number of aromatic nitrogens is 1. The molecule has 38 heavy (non-hydrogen) atoms. The fourth-order valence-corrected chi connectivity index (χ4v) is 6.18. The molecule has 0 aliphatic carbocycles. The second kappa shape index (κ2) is 9.71. The monoisotopic (exact) mass is 538 g/mol. The summed E-state index contributed by atoms with van der Waals surface area (Å²) >= 11 is 7.71. The molecule has 4 aromatic carbocycles. The van der Waals surface area contributed by atoms with Gasteiger partial charge in [-0.1, -0.05) is 47.6 Å². The van der Waals surface area contributed by atoms with Crippen LogP contribution in [-0.2, 0) is 11.2 Å². The lowest BCUT2D eigenvalue weighted by Gasteiger charge is -2.31. The number of fused-ring (bicyclic) bond motifs is 3. The zero-order valence-corrected chi connectivity index (χ0v) is 22.3. The molecule has 0 unspecified atom stereocenters. The van der Waals surface area contributed by atoms with E-state index >= 15 is 0 Å². The van der Waals surface area contributed by atoms with E-state index in [1.807, 2.05) is 73.7 Å². The molecule has 188 valence electrons. The van der Waals surface area contributed by atoms with E-state index in [9.17, 15) is 9.59 Å². The number of nitrogens with zero attached hydrogens (tertiary/aromatic N) is 2. The largest absolute Gasteiger partial charge is 0.497 e. The minimum Gasteiger partial charge on any atom is -0.497 e. The number of amides is 1. The van der Waals surface area contributed by atoms with Gasteiger partial charge in [0.2, 0.25) is 5.91 Å². The molecule has 1 aromatic heterocycles. The van der Waals surface area contributed by atoms with Crippen LogP contribution in [0.1, 0.15) is 21.6 Å². The average Bonchev–Trinajstić information content (AvgIpc) is 3.21. The predicted molar refractivity (Wildman–Crippen MR) is 152 cm³/mol. The normalized spacial score (nSPS) is 12.2. The van der Waals surface area contributed by atoms with Crippen molar-refractivity contribution in [3.05, 3.63) is 113 Å². The molecule has 5 aromatic rings. The molecule has 0 radical (unpaired) electrons. The van der Waals surface area contributed by atoms with Crippen LogP contribution in [0.4, 0.5) is 11.4 Å². The van der Waals surface area contributed by atoms with Crippen LogP contribution in [0.3, 0.4) is 0 Å². The maximum Gasteiger partial charge on any atom is 0.262 e. The van der Waals surface area contributed by atoms with E-state index in [4.69, 9.17) is 16.3 Å². The molecule has 1 aliphatic rings. The number of carbonyl (C=O) groups excluding carboxylic acids is 2. The number of para-hydroxylation sites is 2. The summed E-state index contributed by atoms with van der Waals surface area (Å²) in [7, 11) is 1.61. The quantitative estimate of drug-likeness (QED) is 0.235. The Labute approximate surface area is 229 Å². The van der Waals surface area contributed by atoms with Gasteiger partial charge in [-0.25, -0.2) is 0 Å². The van der Waals surface area contributed by atoms with Crippen LogP contribution in [0.2, 0.25) is 5.02 Å². The van der Waals surface area contributed by atoms with Crippen molar-refractivity contribution in [3.8, 4) is 5.75 Å². The van der Waals surface area contributed by atoms with Crippen molar-refractivity contribution in [3.63, 3.8) is 0 Å². The summed E-state index contributed by atoms with van der Waals surface area (Å²) in [5, 5.41) is 1.37. The van der Waals surface area contributed by atoms with E-state index in [0.717, 1.165) is 43.3 Å². The zero-order valence-electron chi connectivity index (χ0n) is 20.8. The molecule has 7 heteroatoms. The fraction of sp³-hybridized carbons (Fsp3) is 0.0968. The number of halogens is 1. The number of methoxy groups -OCH3 is 1. The Hall–Kier alpha value is -4.00. The van der Waals surface area contributed by atoms with Gasteiger partial charge in [0.25, 0.3) is 5.91 Å². The van der Waals surface area contributed by atoms with Crippen LogP contribution < -0.4 is 9.64 Å². The Morgan fingerprint density at radius 3 is 2.13 bits per heavy atom. The highest BCUT2D eigenvalue weighted by Gasteiger charge is 2.30. The van der Waals surface area contributed by atoms with E-state index < -0.39 is 0 Å². The van der Waals surface area contributed by atoms with Crippen LogP contribution in [0.25, 0.3) is 10.9 Å². The number of anilines is 2. The SMILES string of the molecule is COc1ccc2c(c1)c(CC(=O)N1c3ccccc3Sc3ccccc31)c(C)n2C(=O)c1ccc(Cl)cc1. The maximum absolute atomic E-state index is 14.1. The second-order valence-electron chi connectivity index (χ2n) is 9.04. The summed E-state index contributed by atoms with van der Waals surface area (Å²) in [5.74, 6) is 0.402. The number of rotatable bonds is 4. The lowest BCUT2D eigenvalue weighted by Crippen LogP contribution is -2.30. The molecular formula is C31H23ClN2O3S. The topological polar surface area (TPSA) is 51.5 Å². The first kappa shape index (κ1) is 24.3. The minimum absolute atomic E-state index is 0.0749. The molecule has 1 amide bonds. The molecule has 2 heterocycles. The number of benzene rings is 4. The van der Waals surface area contributed by atoms with Crippen molar-refractivity contribution in [1.29, 1.82) is 0 Å². The van der Waals surface area contributed by atoms with Crippen molar-refractivity contribution >= 4 is 57.5 Å². The molecule has 0 bridgehead atoms. The second-order valence-corrected chi connectivity index (χ2v) is 10.6. The number of carbonyl (C=O) groups is 2. The van der Waals surface area contributed by atoms with E-state index in [2.05, 4.69) is 0 Å². The first-order valence-electron chi connectivity index (χ1n) is 12.1. The van der Waals surface area contributed by atoms with Gasteiger partial charge in [-0.2, -0.15) is 0 Å². The summed E-state index contributed by atoms with van der Waals surface area (Å²) in [4.78, 5) is 31.6. The lowest BCUT2D eigenvalue weighted by atomic mass is 10.1. The first-order valence-corrected chi connectivity index (χ1v) is 13.3. The van der Waals surface area contributed by atoms with Crippen molar-refractivity contribution in [2.75, 3.05) is 12.0 Å². The molecule has 0 fully saturated rings. The van der Waals surface area contributed by atoms with Gasteiger partial charge in [-0.05, 0) is 79.2 Å². The van der Waals surface area contributed by atoms with Crippen LogP contribution in [0.5, 0.6) is 5.75 Å². The molecule has 0 saturated heterocycles. The van der Waals surface area contributed by atoms with Gasteiger partial charge in [0.15, 0.2) is 0 Å². The Balaban J connectivity index is 1.47. The van der Waals surface area contributed by atoms with Gasteiger partial charge >= 0.3 is 0 Å². The Bertz CT molecular complexity index is 1680. The molecule has 0 saturated carbocycles. The van der Waals surface area contributed by atoms with Crippen LogP contribution >= 0.6 is 23.4 Å². The molecule has 0 spiro atoms. The van der Waals surface area contributed by atoms with Crippen molar-refractivity contribution in [2.24, 2.45) is 0 Å². The smallest absolute Gasteiger partial charge is 0.262 e. The summed E-state index contributed by atoms with van der Waals surface area (Å²) in [6.07, 6.45) is 0.115. The van der Waals surface area contributed by atoms with Crippen molar-refractivity contribution in [1.82, 2.24) is 4.57 Å². The Morgan fingerprint density at radius 2 is 1.50 bits per heavy atom. The third kappa shape index (κ3) is 4.06. The third-order valence-electron chi connectivity index (χ3n) is 6.85. The van der Waals surface area contributed by atoms with Gasteiger partial charge in [-0.15, -0.1) is 0 Å². The van der Waals surface area contributed by atoms with E-state index in [-0.39, 0.29) is 18.2 Å². The molecule has 0 atom stereocenters. The van der Waals surface area contributed by atoms with Gasteiger partial charge in [0, 0.05) is 31.5 Å². The zero-order chi connectivity index (χ0) is 26.4. The minimum atomic E-state index is -0.182. The van der Waals surface area contributed by atoms with Gasteiger partial charge in [0.1, 0.15) is 5.75 Å². The number of hydrogen-bond donors (Lipinski definition) is 0. The van der Waals surface area contributed by atoms with Gasteiger partial charge in [-0.3, -0.25) is 19.1 Å². The van der Waals surface area contributed by atoms with Crippen molar-refractivity contribution < 1.29 is 14.3 Å². The first-order chi connectivity index (χ1) is 18.5. The van der Waals surface area contributed by atoms with E-state index in [1.54, 1.807) is 52.6 Å². The van der Waals surface area contributed by atoms with E-state index in [1.165, 1.54) is 0 Å². The third-order valence-corrected chi connectivity index (χ3v) is 8.23. The molecule has 5 nitrogen and oxygen atoms in total. The fourth-order valence-electron chi connectivity index (χ4n) is 5.00. The lowest BCUT2D eigenvalue weighted by molar-refractivity contribution is -0.117. The molecular weight excluding hydrogens is 516 g/mol. The van der Waals surface area contributed by atoms with Crippen LogP contribution in [-0.4, -0.2) is 23.5 Å². The van der Waals surface area contributed by atoms with Crippen molar-refractivity contribution in [2.45, 2.75) is 23.1 Å². The van der Waals surface area contributed by atoms with Gasteiger partial charge in [0.05, 0.1) is 30.4 Å². The summed E-state index contributed by atoms with van der Waals surface area (Å²) in [6, 6.07) is 28.3. The average molecular weight is 539 g/mol. The maximum atomic E-state index is 14.1. The van der Waals surface area contributed by atoms with Gasteiger partial charge < -0.3 is 4.74 Å².